The third-order valence-corrected chi connectivity index (χ3v) is 5.41. The summed E-state index contributed by atoms with van der Waals surface area (Å²) in [5.74, 6) is -1.12. The van der Waals surface area contributed by atoms with Crippen LogP contribution in [0.3, 0.4) is 0 Å². The Labute approximate surface area is 193 Å². The van der Waals surface area contributed by atoms with E-state index in [1.165, 1.54) is 37.4 Å². The average molecular weight is 475 g/mol. The molecule has 164 valence electrons. The predicted molar refractivity (Wildman–Crippen MR) is 118 cm³/mol. The Bertz CT molecular complexity index is 1200. The maximum atomic E-state index is 14.0. The zero-order valence-electron chi connectivity index (χ0n) is 16.9. The largest absolute Gasteiger partial charge is 0.494 e. The van der Waals surface area contributed by atoms with E-state index in [2.05, 4.69) is 15.3 Å². The molecular formula is C22H17Cl2FN4O3. The number of fused-ring (bicyclic) bond motifs is 1. The third kappa shape index (κ3) is 4.66. The van der Waals surface area contributed by atoms with E-state index in [0.717, 1.165) is 17.3 Å². The Morgan fingerprint density at radius 1 is 1.12 bits per heavy atom. The molecule has 2 amide bonds. The number of anilines is 1. The van der Waals surface area contributed by atoms with Crippen LogP contribution >= 0.6 is 23.2 Å². The van der Waals surface area contributed by atoms with E-state index in [9.17, 15) is 14.0 Å². The number of carbonyl (C=O) groups excluding carboxylic acids is 2. The monoisotopic (exact) mass is 474 g/mol. The molecule has 2 aromatic carbocycles. The Morgan fingerprint density at radius 3 is 2.56 bits per heavy atom. The molecule has 0 saturated heterocycles. The number of ether oxygens (including phenoxy) is 1. The van der Waals surface area contributed by atoms with Crippen molar-refractivity contribution in [2.75, 3.05) is 19.0 Å². The van der Waals surface area contributed by atoms with Gasteiger partial charge in [-0.2, -0.15) is 0 Å². The number of aromatic nitrogens is 2. The minimum atomic E-state index is -0.597. The van der Waals surface area contributed by atoms with Crippen LogP contribution in [0.25, 0.3) is 0 Å². The quantitative estimate of drug-likeness (QED) is 0.606. The molecule has 0 bridgehead atoms. The summed E-state index contributed by atoms with van der Waals surface area (Å²) >= 11 is 11.9. The molecule has 1 aliphatic heterocycles. The number of nitrogens with zero attached hydrogens (tertiary/aromatic N) is 3. The number of halogens is 3. The Kier molecular flexibility index (Phi) is 6.25. The number of carbonyl (C=O) groups is 2. The van der Waals surface area contributed by atoms with Crippen LogP contribution in [0.5, 0.6) is 5.75 Å². The average Bonchev–Trinajstić information content (AvgIpc) is 2.77. The first kappa shape index (κ1) is 22.0. The minimum absolute atomic E-state index is 0.0774. The van der Waals surface area contributed by atoms with Crippen molar-refractivity contribution in [3.63, 3.8) is 0 Å². The van der Waals surface area contributed by atoms with Crippen LogP contribution in [-0.4, -0.2) is 40.3 Å². The Morgan fingerprint density at radius 2 is 1.88 bits per heavy atom. The number of hydrogen-bond donors (Lipinski definition) is 1. The SMILES string of the molecule is COc1ccc(C(=O)N2CCc3nc(NC(=O)c4cc(Cl)cc(Cl)c4)ncc3C2)cc1F. The summed E-state index contributed by atoms with van der Waals surface area (Å²) in [4.78, 5) is 35.4. The van der Waals surface area contributed by atoms with Crippen molar-refractivity contribution in [3.05, 3.63) is 80.8 Å². The second kappa shape index (κ2) is 9.10. The molecule has 1 N–H and O–H groups in total. The summed E-state index contributed by atoms with van der Waals surface area (Å²) in [6.45, 7) is 0.674. The van der Waals surface area contributed by atoms with Crippen molar-refractivity contribution in [1.29, 1.82) is 0 Å². The van der Waals surface area contributed by atoms with Gasteiger partial charge in [0, 0.05) is 52.4 Å². The molecule has 1 aliphatic rings. The van der Waals surface area contributed by atoms with Crippen molar-refractivity contribution in [2.45, 2.75) is 13.0 Å². The number of hydrogen-bond acceptors (Lipinski definition) is 5. The minimum Gasteiger partial charge on any atom is -0.494 e. The molecule has 0 saturated carbocycles. The van der Waals surface area contributed by atoms with Crippen molar-refractivity contribution >= 4 is 41.0 Å². The summed E-state index contributed by atoms with van der Waals surface area (Å²) in [6.07, 6.45) is 2.03. The fraction of sp³-hybridized carbons (Fsp3) is 0.182. The van der Waals surface area contributed by atoms with Gasteiger partial charge in [-0.25, -0.2) is 14.4 Å². The van der Waals surface area contributed by atoms with E-state index in [-0.39, 0.29) is 35.3 Å². The summed E-state index contributed by atoms with van der Waals surface area (Å²) in [6, 6.07) is 8.62. The highest BCUT2D eigenvalue weighted by Gasteiger charge is 2.24. The Balaban J connectivity index is 1.47. The number of benzene rings is 2. The number of rotatable bonds is 4. The Hall–Kier alpha value is -3.23. The highest BCUT2D eigenvalue weighted by Crippen LogP contribution is 2.23. The summed E-state index contributed by atoms with van der Waals surface area (Å²) in [7, 11) is 1.36. The first-order valence-corrected chi connectivity index (χ1v) is 10.3. The van der Waals surface area contributed by atoms with Crippen molar-refractivity contribution in [2.24, 2.45) is 0 Å². The van der Waals surface area contributed by atoms with Crippen LogP contribution in [0.4, 0.5) is 10.3 Å². The summed E-state index contributed by atoms with van der Waals surface area (Å²) < 4.78 is 18.9. The lowest BCUT2D eigenvalue weighted by Crippen LogP contribution is -2.36. The van der Waals surface area contributed by atoms with Crippen LogP contribution in [-0.2, 0) is 13.0 Å². The standard InChI is InChI=1S/C22H17Cl2FN4O3/c1-32-19-3-2-12(8-17(19)25)21(31)29-5-4-18-14(11-29)10-26-22(27-18)28-20(30)13-6-15(23)9-16(24)7-13/h2-3,6-10H,4-5,11H2,1H3,(H,26,27,28,30). The lowest BCUT2D eigenvalue weighted by molar-refractivity contribution is 0.0732. The van der Waals surface area contributed by atoms with Gasteiger partial charge in [-0.3, -0.25) is 14.9 Å². The number of methoxy groups -OCH3 is 1. The lowest BCUT2D eigenvalue weighted by atomic mass is 10.1. The van der Waals surface area contributed by atoms with Crippen LogP contribution in [0.1, 0.15) is 32.0 Å². The topological polar surface area (TPSA) is 84.4 Å². The normalized spacial score (nSPS) is 12.8. The van der Waals surface area contributed by atoms with Crippen molar-refractivity contribution in [3.8, 4) is 5.75 Å². The molecule has 10 heteroatoms. The van der Waals surface area contributed by atoms with Gasteiger partial charge in [0.2, 0.25) is 5.95 Å². The van der Waals surface area contributed by atoms with E-state index in [1.807, 2.05) is 0 Å². The van der Waals surface area contributed by atoms with E-state index in [1.54, 1.807) is 11.1 Å². The second-order valence-corrected chi connectivity index (χ2v) is 7.98. The van der Waals surface area contributed by atoms with Gasteiger partial charge in [-0.05, 0) is 36.4 Å². The third-order valence-electron chi connectivity index (χ3n) is 4.97. The van der Waals surface area contributed by atoms with Gasteiger partial charge in [0.05, 0.1) is 12.8 Å². The van der Waals surface area contributed by atoms with Crippen LogP contribution < -0.4 is 10.1 Å². The molecule has 1 aromatic heterocycles. The highest BCUT2D eigenvalue weighted by molar-refractivity contribution is 6.35. The van der Waals surface area contributed by atoms with E-state index >= 15 is 0 Å². The smallest absolute Gasteiger partial charge is 0.258 e. The van der Waals surface area contributed by atoms with E-state index < -0.39 is 11.7 Å². The van der Waals surface area contributed by atoms with Gasteiger partial charge in [-0.1, -0.05) is 23.2 Å². The molecule has 0 spiro atoms. The van der Waals surface area contributed by atoms with Crippen LogP contribution in [0, 0.1) is 5.82 Å². The van der Waals surface area contributed by atoms with Crippen LogP contribution in [0.15, 0.2) is 42.6 Å². The molecule has 7 nitrogen and oxygen atoms in total. The molecule has 32 heavy (non-hydrogen) atoms. The van der Waals surface area contributed by atoms with Crippen molar-refractivity contribution in [1.82, 2.24) is 14.9 Å². The summed E-state index contributed by atoms with van der Waals surface area (Å²) in [5, 5.41) is 3.31. The molecule has 0 atom stereocenters. The molecule has 0 fully saturated rings. The molecule has 0 aliphatic carbocycles. The fourth-order valence-corrected chi connectivity index (χ4v) is 3.92. The first-order chi connectivity index (χ1) is 15.3. The predicted octanol–water partition coefficient (Wildman–Crippen LogP) is 4.38. The second-order valence-electron chi connectivity index (χ2n) is 7.10. The van der Waals surface area contributed by atoms with Gasteiger partial charge in [0.1, 0.15) is 0 Å². The zero-order chi connectivity index (χ0) is 22.8. The fourth-order valence-electron chi connectivity index (χ4n) is 3.39. The van der Waals surface area contributed by atoms with E-state index in [4.69, 9.17) is 27.9 Å². The lowest BCUT2D eigenvalue weighted by Gasteiger charge is -2.28. The number of nitrogens with one attached hydrogen (secondary N) is 1. The number of amides is 2. The highest BCUT2D eigenvalue weighted by atomic mass is 35.5. The molecule has 4 rings (SSSR count). The molecule has 0 unspecified atom stereocenters. The maximum absolute atomic E-state index is 14.0. The van der Waals surface area contributed by atoms with Crippen LogP contribution in [0.2, 0.25) is 10.0 Å². The van der Waals surface area contributed by atoms with Gasteiger partial charge < -0.3 is 9.64 Å². The molecule has 2 heterocycles. The van der Waals surface area contributed by atoms with E-state index in [0.29, 0.717) is 23.0 Å². The van der Waals surface area contributed by atoms with Crippen molar-refractivity contribution < 1.29 is 18.7 Å². The molecule has 0 radical (unpaired) electrons. The van der Waals surface area contributed by atoms with Gasteiger partial charge in [-0.15, -0.1) is 0 Å². The molecule has 3 aromatic rings. The molecular weight excluding hydrogens is 458 g/mol. The maximum Gasteiger partial charge on any atom is 0.258 e. The van der Waals surface area contributed by atoms with Gasteiger partial charge in [0.25, 0.3) is 11.8 Å². The van der Waals surface area contributed by atoms with Gasteiger partial charge in [0.15, 0.2) is 11.6 Å². The summed E-state index contributed by atoms with van der Waals surface area (Å²) in [5.41, 5.74) is 2.00. The first-order valence-electron chi connectivity index (χ1n) is 9.59. The van der Waals surface area contributed by atoms with Gasteiger partial charge >= 0.3 is 0 Å². The zero-order valence-corrected chi connectivity index (χ0v) is 18.4.